The van der Waals surface area contributed by atoms with Crippen molar-refractivity contribution in [3.05, 3.63) is 30.3 Å². The Hall–Kier alpha value is -2.24. The van der Waals surface area contributed by atoms with Crippen molar-refractivity contribution in [1.82, 2.24) is 20.5 Å². The average molecular weight is 274 g/mol. The highest BCUT2D eigenvalue weighted by Gasteiger charge is 2.10. The third-order valence-corrected chi connectivity index (χ3v) is 2.77. The summed E-state index contributed by atoms with van der Waals surface area (Å²) in [5.41, 5.74) is 0.638. The summed E-state index contributed by atoms with van der Waals surface area (Å²) in [5.74, 6) is 0.847. The van der Waals surface area contributed by atoms with Gasteiger partial charge in [-0.15, -0.1) is 10.2 Å². The molecule has 0 unspecified atom stereocenters. The first-order valence-electron chi connectivity index (χ1n) is 6.80. The summed E-state index contributed by atoms with van der Waals surface area (Å²) in [7, 11) is 0. The molecule has 0 bridgehead atoms. The topological polar surface area (TPSA) is 80.9 Å². The Kier molecular flexibility index (Phi) is 5.23. The molecule has 0 fully saturated rings. The number of nitrogens with zero attached hydrogens (tertiary/aromatic N) is 3. The first-order chi connectivity index (χ1) is 9.79. The average Bonchev–Trinajstić information content (AvgIpc) is 2.95. The zero-order valence-corrected chi connectivity index (χ0v) is 11.5. The molecule has 106 valence electrons. The van der Waals surface area contributed by atoms with Crippen LogP contribution in [-0.2, 0) is 11.2 Å². The smallest absolute Gasteiger partial charge is 0.266 e. The van der Waals surface area contributed by atoms with E-state index in [1.54, 1.807) is 12.3 Å². The molecule has 0 aliphatic heterocycles. The summed E-state index contributed by atoms with van der Waals surface area (Å²) in [5, 5.41) is 10.7. The second kappa shape index (κ2) is 7.37. The predicted octanol–water partition coefficient (Wildman–Crippen LogP) is 1.98. The Balaban J connectivity index is 1.83. The molecule has 0 aromatic carbocycles. The summed E-state index contributed by atoms with van der Waals surface area (Å²) >= 11 is 0. The van der Waals surface area contributed by atoms with Crippen molar-refractivity contribution >= 4 is 5.91 Å². The zero-order valence-electron chi connectivity index (χ0n) is 11.5. The molecule has 6 heteroatoms. The Labute approximate surface area is 117 Å². The van der Waals surface area contributed by atoms with Gasteiger partial charge in [-0.2, -0.15) is 0 Å². The lowest BCUT2D eigenvalue weighted by Crippen LogP contribution is -2.24. The van der Waals surface area contributed by atoms with Gasteiger partial charge in [-0.25, -0.2) is 0 Å². The lowest BCUT2D eigenvalue weighted by atomic mass is 10.3. The van der Waals surface area contributed by atoms with Gasteiger partial charge in [0.2, 0.25) is 11.8 Å². The summed E-state index contributed by atoms with van der Waals surface area (Å²) < 4.78 is 5.48. The molecular weight excluding hydrogens is 256 g/mol. The fourth-order valence-electron chi connectivity index (χ4n) is 1.66. The molecule has 0 aliphatic carbocycles. The second-order valence-corrected chi connectivity index (χ2v) is 4.42. The fourth-order valence-corrected chi connectivity index (χ4v) is 1.66. The van der Waals surface area contributed by atoms with Crippen LogP contribution in [0.5, 0.6) is 0 Å². The molecule has 20 heavy (non-hydrogen) atoms. The third kappa shape index (κ3) is 4.15. The molecule has 0 saturated carbocycles. The summed E-state index contributed by atoms with van der Waals surface area (Å²) in [6.07, 6.45) is 4.53. The lowest BCUT2D eigenvalue weighted by Gasteiger charge is -2.01. The Morgan fingerprint density at radius 1 is 1.35 bits per heavy atom. The van der Waals surface area contributed by atoms with Crippen molar-refractivity contribution in [2.24, 2.45) is 0 Å². The monoisotopic (exact) mass is 274 g/mol. The quantitative estimate of drug-likeness (QED) is 0.781. The number of aryl methyl sites for hydroxylation is 1. The van der Waals surface area contributed by atoms with E-state index in [9.17, 15) is 4.79 Å². The standard InChI is InChI=1S/C14H18N4O2/c1-2-3-9-16-12(19)7-8-13-17-18-14(20-13)11-6-4-5-10-15-11/h4-6,10H,2-3,7-9H2,1H3,(H,16,19). The van der Waals surface area contributed by atoms with E-state index in [1.165, 1.54) is 0 Å². The number of aromatic nitrogens is 3. The van der Waals surface area contributed by atoms with E-state index < -0.39 is 0 Å². The second-order valence-electron chi connectivity index (χ2n) is 4.42. The van der Waals surface area contributed by atoms with E-state index in [4.69, 9.17) is 4.42 Å². The van der Waals surface area contributed by atoms with Crippen molar-refractivity contribution in [3.63, 3.8) is 0 Å². The molecule has 2 heterocycles. The van der Waals surface area contributed by atoms with E-state index >= 15 is 0 Å². The largest absolute Gasteiger partial charge is 0.419 e. The Bertz CT molecular complexity index is 539. The van der Waals surface area contributed by atoms with Gasteiger partial charge in [-0.1, -0.05) is 19.4 Å². The van der Waals surface area contributed by atoms with Crippen molar-refractivity contribution in [2.75, 3.05) is 6.54 Å². The van der Waals surface area contributed by atoms with Gasteiger partial charge in [-0.3, -0.25) is 9.78 Å². The molecule has 0 spiro atoms. The maximum atomic E-state index is 11.6. The van der Waals surface area contributed by atoms with Crippen molar-refractivity contribution < 1.29 is 9.21 Å². The highest BCUT2D eigenvalue weighted by molar-refractivity contribution is 5.75. The number of carbonyl (C=O) groups excluding carboxylic acids is 1. The van der Waals surface area contributed by atoms with Gasteiger partial charge in [-0.05, 0) is 18.6 Å². The number of pyridine rings is 1. The number of amides is 1. The number of nitrogens with one attached hydrogen (secondary N) is 1. The van der Waals surface area contributed by atoms with Crippen LogP contribution in [0.25, 0.3) is 11.6 Å². The van der Waals surface area contributed by atoms with E-state index in [2.05, 4.69) is 27.4 Å². The normalized spacial score (nSPS) is 10.4. The van der Waals surface area contributed by atoms with Crippen molar-refractivity contribution in [2.45, 2.75) is 32.6 Å². The minimum Gasteiger partial charge on any atom is -0.419 e. The predicted molar refractivity (Wildman–Crippen MR) is 73.8 cm³/mol. The van der Waals surface area contributed by atoms with Gasteiger partial charge in [0.25, 0.3) is 5.89 Å². The van der Waals surface area contributed by atoms with Crippen LogP contribution in [0.15, 0.2) is 28.8 Å². The van der Waals surface area contributed by atoms with E-state index in [0.29, 0.717) is 30.3 Å². The third-order valence-electron chi connectivity index (χ3n) is 2.77. The van der Waals surface area contributed by atoms with E-state index in [0.717, 1.165) is 19.4 Å². The lowest BCUT2D eigenvalue weighted by molar-refractivity contribution is -0.121. The molecule has 6 nitrogen and oxygen atoms in total. The Morgan fingerprint density at radius 3 is 3.00 bits per heavy atom. The number of hydrogen-bond donors (Lipinski definition) is 1. The summed E-state index contributed by atoms with van der Waals surface area (Å²) in [4.78, 5) is 15.7. The van der Waals surface area contributed by atoms with Crippen LogP contribution in [-0.4, -0.2) is 27.6 Å². The molecular formula is C14H18N4O2. The minimum absolute atomic E-state index is 0.0102. The summed E-state index contributed by atoms with van der Waals surface area (Å²) in [6, 6.07) is 5.48. The number of unbranched alkanes of at least 4 members (excludes halogenated alkanes) is 1. The van der Waals surface area contributed by atoms with Crippen LogP contribution in [0, 0.1) is 0 Å². The maximum Gasteiger partial charge on any atom is 0.266 e. The molecule has 2 rings (SSSR count). The summed E-state index contributed by atoms with van der Waals surface area (Å²) in [6.45, 7) is 2.81. The van der Waals surface area contributed by atoms with Crippen LogP contribution in [0.3, 0.4) is 0 Å². The first-order valence-corrected chi connectivity index (χ1v) is 6.80. The van der Waals surface area contributed by atoms with Gasteiger partial charge in [0.05, 0.1) is 0 Å². The highest BCUT2D eigenvalue weighted by atomic mass is 16.4. The van der Waals surface area contributed by atoms with Gasteiger partial charge < -0.3 is 9.73 Å². The minimum atomic E-state index is 0.0102. The molecule has 1 N–H and O–H groups in total. The highest BCUT2D eigenvalue weighted by Crippen LogP contribution is 2.14. The van der Waals surface area contributed by atoms with Crippen molar-refractivity contribution in [1.29, 1.82) is 0 Å². The van der Waals surface area contributed by atoms with E-state index in [-0.39, 0.29) is 5.91 Å². The molecule has 0 atom stereocenters. The van der Waals surface area contributed by atoms with E-state index in [1.807, 2.05) is 12.1 Å². The Morgan fingerprint density at radius 2 is 2.25 bits per heavy atom. The fraction of sp³-hybridized carbons (Fsp3) is 0.429. The molecule has 0 saturated heterocycles. The maximum absolute atomic E-state index is 11.6. The number of hydrogen-bond acceptors (Lipinski definition) is 5. The van der Waals surface area contributed by atoms with Crippen molar-refractivity contribution in [3.8, 4) is 11.6 Å². The molecule has 2 aromatic heterocycles. The van der Waals surface area contributed by atoms with Gasteiger partial charge in [0, 0.05) is 25.6 Å². The number of carbonyl (C=O) groups is 1. The molecule has 2 aromatic rings. The van der Waals surface area contributed by atoms with Gasteiger partial charge in [0.15, 0.2) is 0 Å². The van der Waals surface area contributed by atoms with Gasteiger partial charge >= 0.3 is 0 Å². The van der Waals surface area contributed by atoms with Crippen LogP contribution in [0.4, 0.5) is 0 Å². The number of rotatable bonds is 7. The molecule has 0 radical (unpaired) electrons. The van der Waals surface area contributed by atoms with Crippen LogP contribution in [0.2, 0.25) is 0 Å². The van der Waals surface area contributed by atoms with Crippen LogP contribution >= 0.6 is 0 Å². The molecule has 1 amide bonds. The molecule has 0 aliphatic rings. The van der Waals surface area contributed by atoms with Gasteiger partial charge in [0.1, 0.15) is 5.69 Å². The van der Waals surface area contributed by atoms with Crippen LogP contribution in [0.1, 0.15) is 32.1 Å². The zero-order chi connectivity index (χ0) is 14.2. The SMILES string of the molecule is CCCCNC(=O)CCc1nnc(-c2ccccn2)o1. The van der Waals surface area contributed by atoms with Crippen LogP contribution < -0.4 is 5.32 Å². The first kappa shape index (κ1) is 14.2.